The van der Waals surface area contributed by atoms with Crippen molar-refractivity contribution in [3.63, 3.8) is 0 Å². The number of fused-ring (bicyclic) bond motifs is 1. The van der Waals surface area contributed by atoms with Gasteiger partial charge in [0.05, 0.1) is 42.8 Å². The number of rotatable bonds is 5. The molecule has 0 radical (unpaired) electrons. The van der Waals surface area contributed by atoms with Gasteiger partial charge in [-0.15, -0.1) is 0 Å². The van der Waals surface area contributed by atoms with Crippen LogP contribution in [0.4, 0.5) is 17.1 Å². The first-order chi connectivity index (χ1) is 13.4. The molecule has 148 valence electrons. The van der Waals surface area contributed by atoms with E-state index in [0.29, 0.717) is 33.6 Å². The number of carbonyl (C=O) groups is 2. The summed E-state index contributed by atoms with van der Waals surface area (Å²) in [6.45, 7) is 1.86. The first-order valence-electron chi connectivity index (χ1n) is 8.81. The number of halogens is 1. The summed E-state index contributed by atoms with van der Waals surface area (Å²) in [7, 11) is 3.04. The number of anilines is 3. The second-order valence-corrected chi connectivity index (χ2v) is 6.83. The van der Waals surface area contributed by atoms with Gasteiger partial charge in [-0.1, -0.05) is 23.7 Å². The molecule has 0 saturated heterocycles. The second kappa shape index (κ2) is 8.39. The van der Waals surface area contributed by atoms with Gasteiger partial charge in [0.25, 0.3) is 0 Å². The van der Waals surface area contributed by atoms with Crippen LogP contribution in [0, 0.1) is 0 Å². The lowest BCUT2D eigenvalue weighted by Crippen LogP contribution is -2.42. The second-order valence-electron chi connectivity index (χ2n) is 6.42. The SMILES string of the molecule is COc1cc(NCC(=O)N2c3ccccc3NC(=O)CC2C)c(OC)cc1Cl. The van der Waals surface area contributed by atoms with E-state index < -0.39 is 0 Å². The zero-order valence-electron chi connectivity index (χ0n) is 15.9. The van der Waals surface area contributed by atoms with Crippen molar-refractivity contribution >= 4 is 40.5 Å². The summed E-state index contributed by atoms with van der Waals surface area (Å²) in [5.41, 5.74) is 1.88. The lowest BCUT2D eigenvalue weighted by Gasteiger charge is -2.28. The van der Waals surface area contributed by atoms with Gasteiger partial charge in [-0.05, 0) is 19.1 Å². The Hall–Kier alpha value is -2.93. The quantitative estimate of drug-likeness (QED) is 0.798. The number of carbonyl (C=O) groups excluding carboxylic acids is 2. The van der Waals surface area contributed by atoms with Crippen molar-refractivity contribution in [2.45, 2.75) is 19.4 Å². The maximum atomic E-state index is 13.1. The third kappa shape index (κ3) is 3.99. The molecule has 1 unspecified atom stereocenters. The summed E-state index contributed by atoms with van der Waals surface area (Å²) in [6.07, 6.45) is 0.221. The number of para-hydroxylation sites is 2. The number of nitrogens with zero attached hydrogens (tertiary/aromatic N) is 1. The van der Waals surface area contributed by atoms with Crippen molar-refractivity contribution in [3.8, 4) is 11.5 Å². The Morgan fingerprint density at radius 1 is 1.25 bits per heavy atom. The van der Waals surface area contributed by atoms with Crippen LogP contribution in [0.5, 0.6) is 11.5 Å². The van der Waals surface area contributed by atoms with E-state index in [2.05, 4.69) is 10.6 Å². The van der Waals surface area contributed by atoms with E-state index in [1.54, 1.807) is 23.1 Å². The van der Waals surface area contributed by atoms with Gasteiger partial charge in [0, 0.05) is 24.6 Å². The lowest BCUT2D eigenvalue weighted by atomic mass is 10.1. The van der Waals surface area contributed by atoms with Gasteiger partial charge in [-0.25, -0.2) is 0 Å². The van der Waals surface area contributed by atoms with E-state index in [0.717, 1.165) is 0 Å². The monoisotopic (exact) mass is 403 g/mol. The molecule has 0 aliphatic carbocycles. The van der Waals surface area contributed by atoms with Crippen molar-refractivity contribution in [1.82, 2.24) is 0 Å². The van der Waals surface area contributed by atoms with Crippen LogP contribution in [0.15, 0.2) is 36.4 Å². The molecule has 8 heteroatoms. The number of methoxy groups -OCH3 is 2. The lowest BCUT2D eigenvalue weighted by molar-refractivity contribution is -0.118. The van der Waals surface area contributed by atoms with Crippen LogP contribution in [0.2, 0.25) is 5.02 Å². The first-order valence-corrected chi connectivity index (χ1v) is 9.18. The average Bonchev–Trinajstić information content (AvgIpc) is 2.80. The molecule has 0 aromatic heterocycles. The Morgan fingerprint density at radius 3 is 2.68 bits per heavy atom. The molecule has 2 aromatic carbocycles. The topological polar surface area (TPSA) is 79.9 Å². The fourth-order valence-electron chi connectivity index (χ4n) is 3.22. The van der Waals surface area contributed by atoms with E-state index in [9.17, 15) is 9.59 Å². The number of nitrogens with one attached hydrogen (secondary N) is 2. The van der Waals surface area contributed by atoms with Crippen LogP contribution in [-0.2, 0) is 9.59 Å². The van der Waals surface area contributed by atoms with Gasteiger partial charge in [-0.2, -0.15) is 0 Å². The van der Waals surface area contributed by atoms with Crippen molar-refractivity contribution in [3.05, 3.63) is 41.4 Å². The summed E-state index contributed by atoms with van der Waals surface area (Å²) < 4.78 is 10.6. The van der Waals surface area contributed by atoms with Crippen molar-refractivity contribution in [2.75, 3.05) is 36.3 Å². The maximum Gasteiger partial charge on any atom is 0.246 e. The number of benzene rings is 2. The van der Waals surface area contributed by atoms with Gasteiger partial charge in [0.2, 0.25) is 11.8 Å². The van der Waals surface area contributed by atoms with Crippen LogP contribution in [0.25, 0.3) is 0 Å². The summed E-state index contributed by atoms with van der Waals surface area (Å²) in [6, 6.07) is 10.3. The summed E-state index contributed by atoms with van der Waals surface area (Å²) in [5, 5.41) is 6.35. The fourth-order valence-corrected chi connectivity index (χ4v) is 3.45. The highest BCUT2D eigenvalue weighted by atomic mass is 35.5. The maximum absolute atomic E-state index is 13.1. The predicted octanol–water partition coefficient (Wildman–Crippen LogP) is 3.53. The predicted molar refractivity (Wildman–Crippen MR) is 110 cm³/mol. The van der Waals surface area contributed by atoms with Gasteiger partial charge in [0.1, 0.15) is 11.5 Å². The molecule has 1 atom stereocenters. The van der Waals surface area contributed by atoms with Crippen molar-refractivity contribution in [2.24, 2.45) is 0 Å². The molecule has 0 spiro atoms. The van der Waals surface area contributed by atoms with Crippen LogP contribution in [-0.4, -0.2) is 38.6 Å². The number of ether oxygens (including phenoxy) is 2. The number of amides is 2. The highest BCUT2D eigenvalue weighted by Crippen LogP contribution is 2.36. The molecule has 1 aliphatic rings. The Morgan fingerprint density at radius 2 is 1.96 bits per heavy atom. The molecule has 2 amide bonds. The van der Waals surface area contributed by atoms with Crippen LogP contribution >= 0.6 is 11.6 Å². The first kappa shape index (κ1) is 19.8. The molecule has 1 heterocycles. The minimum atomic E-state index is -0.278. The molecule has 0 saturated carbocycles. The van der Waals surface area contributed by atoms with Crippen LogP contribution < -0.4 is 25.0 Å². The molecule has 28 heavy (non-hydrogen) atoms. The highest BCUT2D eigenvalue weighted by molar-refractivity contribution is 6.32. The normalized spacial score (nSPS) is 15.9. The molecule has 3 rings (SSSR count). The molecule has 0 bridgehead atoms. The molecular weight excluding hydrogens is 382 g/mol. The van der Waals surface area contributed by atoms with Gasteiger partial charge in [-0.3, -0.25) is 9.59 Å². The smallest absolute Gasteiger partial charge is 0.246 e. The zero-order chi connectivity index (χ0) is 20.3. The van der Waals surface area contributed by atoms with Crippen LogP contribution in [0.1, 0.15) is 13.3 Å². The summed E-state index contributed by atoms with van der Waals surface area (Å²) in [5.74, 6) is 0.681. The standard InChI is InChI=1S/C20H22ClN3O4/c1-12-8-19(25)23-14-6-4-5-7-16(14)24(12)20(26)11-22-15-10-17(27-2)13(21)9-18(15)28-3/h4-7,9-10,12,22H,8,11H2,1-3H3,(H,23,25). The summed E-state index contributed by atoms with van der Waals surface area (Å²) >= 11 is 6.13. The van der Waals surface area contributed by atoms with Crippen molar-refractivity contribution < 1.29 is 19.1 Å². The Bertz CT molecular complexity index is 903. The molecule has 7 nitrogen and oxygen atoms in total. The van der Waals surface area contributed by atoms with Crippen molar-refractivity contribution in [1.29, 1.82) is 0 Å². The Kier molecular flexibility index (Phi) is 5.94. The zero-order valence-corrected chi connectivity index (χ0v) is 16.7. The number of hydrogen-bond acceptors (Lipinski definition) is 5. The molecule has 2 N–H and O–H groups in total. The van der Waals surface area contributed by atoms with Gasteiger partial charge < -0.3 is 25.0 Å². The van der Waals surface area contributed by atoms with E-state index in [-0.39, 0.29) is 30.8 Å². The van der Waals surface area contributed by atoms with E-state index in [1.165, 1.54) is 14.2 Å². The van der Waals surface area contributed by atoms with Gasteiger partial charge >= 0.3 is 0 Å². The fraction of sp³-hybridized carbons (Fsp3) is 0.300. The largest absolute Gasteiger partial charge is 0.495 e. The third-order valence-corrected chi connectivity index (χ3v) is 4.83. The molecule has 0 fully saturated rings. The third-order valence-electron chi connectivity index (χ3n) is 4.53. The molecule has 2 aromatic rings. The van der Waals surface area contributed by atoms with E-state index in [1.807, 2.05) is 25.1 Å². The average molecular weight is 404 g/mol. The van der Waals surface area contributed by atoms with E-state index >= 15 is 0 Å². The number of hydrogen-bond donors (Lipinski definition) is 2. The van der Waals surface area contributed by atoms with Crippen LogP contribution in [0.3, 0.4) is 0 Å². The van der Waals surface area contributed by atoms with Gasteiger partial charge in [0.15, 0.2) is 0 Å². The summed E-state index contributed by atoms with van der Waals surface area (Å²) in [4.78, 5) is 26.8. The minimum Gasteiger partial charge on any atom is -0.495 e. The van der Waals surface area contributed by atoms with E-state index in [4.69, 9.17) is 21.1 Å². The molecular formula is C20H22ClN3O4. The molecule has 1 aliphatic heterocycles. The minimum absolute atomic E-state index is 0.00795. The Balaban J connectivity index is 1.84. The Labute approximate surface area is 168 Å². The highest BCUT2D eigenvalue weighted by Gasteiger charge is 2.29.